The van der Waals surface area contributed by atoms with Crippen LogP contribution in [0.1, 0.15) is 19.8 Å². The van der Waals surface area contributed by atoms with Crippen molar-refractivity contribution in [2.45, 2.75) is 24.7 Å². The lowest BCUT2D eigenvalue weighted by Gasteiger charge is -2.03. The van der Waals surface area contributed by atoms with Gasteiger partial charge in [-0.05, 0) is 25.1 Å². The second-order valence-electron chi connectivity index (χ2n) is 3.79. The molecule has 4 nitrogen and oxygen atoms in total. The maximum Gasteiger partial charge on any atom is 0.306 e. The highest BCUT2D eigenvalue weighted by Gasteiger charge is 2.13. The van der Waals surface area contributed by atoms with Crippen molar-refractivity contribution >= 4 is 22.6 Å². The number of Topliss-reactive ketones (excluding diaryl/α,β-unsaturated/α-hetero) is 1. The van der Waals surface area contributed by atoms with Crippen LogP contribution in [0.3, 0.4) is 0 Å². The third kappa shape index (κ3) is 5.74. The number of carbonyl (C=O) groups is 2. The number of benzene rings is 1. The van der Waals surface area contributed by atoms with Gasteiger partial charge in [0.25, 0.3) is 0 Å². The molecule has 0 aliphatic carbocycles. The lowest BCUT2D eigenvalue weighted by molar-refractivity contribution is -0.144. The molecule has 0 aromatic heterocycles. The molecule has 0 aliphatic heterocycles. The van der Waals surface area contributed by atoms with Crippen LogP contribution in [0.15, 0.2) is 29.2 Å². The summed E-state index contributed by atoms with van der Waals surface area (Å²) in [5.41, 5.74) is 0. The summed E-state index contributed by atoms with van der Waals surface area (Å²) in [5.74, 6) is -1.48. The number of esters is 1. The Morgan fingerprint density at radius 3 is 2.68 bits per heavy atom. The Labute approximate surface area is 113 Å². The summed E-state index contributed by atoms with van der Waals surface area (Å²) in [7, 11) is -1.58. The van der Waals surface area contributed by atoms with Crippen LogP contribution in [0, 0.1) is 5.82 Å². The average molecular weight is 286 g/mol. The summed E-state index contributed by atoms with van der Waals surface area (Å²) in [4.78, 5) is 22.8. The maximum absolute atomic E-state index is 12.9. The molecule has 0 spiro atoms. The smallest absolute Gasteiger partial charge is 0.306 e. The van der Waals surface area contributed by atoms with E-state index in [9.17, 15) is 18.2 Å². The van der Waals surface area contributed by atoms with Gasteiger partial charge in [0.2, 0.25) is 0 Å². The molecule has 1 rings (SSSR count). The Bertz CT molecular complexity index is 487. The Morgan fingerprint density at radius 2 is 2.05 bits per heavy atom. The zero-order valence-electron chi connectivity index (χ0n) is 10.6. The third-order valence-electron chi connectivity index (χ3n) is 2.26. The number of rotatable bonds is 7. The summed E-state index contributed by atoms with van der Waals surface area (Å²) in [6, 6.07) is 5.31. The maximum atomic E-state index is 12.9. The van der Waals surface area contributed by atoms with Gasteiger partial charge >= 0.3 is 5.97 Å². The van der Waals surface area contributed by atoms with Crippen LogP contribution in [-0.2, 0) is 25.1 Å². The fourth-order valence-corrected chi connectivity index (χ4v) is 2.46. The van der Waals surface area contributed by atoms with Crippen molar-refractivity contribution < 1.29 is 22.9 Å². The zero-order chi connectivity index (χ0) is 14.3. The highest BCUT2D eigenvalue weighted by atomic mass is 32.2. The normalized spacial score (nSPS) is 11.9. The van der Waals surface area contributed by atoms with Gasteiger partial charge in [0.05, 0.1) is 29.6 Å². The first kappa shape index (κ1) is 15.5. The van der Waals surface area contributed by atoms with E-state index in [2.05, 4.69) is 4.74 Å². The van der Waals surface area contributed by atoms with E-state index in [1.165, 1.54) is 18.2 Å². The van der Waals surface area contributed by atoms with Gasteiger partial charge in [-0.3, -0.25) is 13.8 Å². The fraction of sp³-hybridized carbons (Fsp3) is 0.385. The van der Waals surface area contributed by atoms with Crippen LogP contribution < -0.4 is 0 Å². The van der Waals surface area contributed by atoms with Gasteiger partial charge in [0.15, 0.2) is 0 Å². The molecule has 0 N–H and O–H groups in total. The zero-order valence-corrected chi connectivity index (χ0v) is 11.4. The number of hydrogen-bond acceptors (Lipinski definition) is 4. The summed E-state index contributed by atoms with van der Waals surface area (Å²) in [5, 5.41) is 0. The minimum Gasteiger partial charge on any atom is -0.466 e. The van der Waals surface area contributed by atoms with Crippen molar-refractivity contribution in [3.05, 3.63) is 30.1 Å². The summed E-state index contributed by atoms with van der Waals surface area (Å²) < 4.78 is 29.4. The molecule has 6 heteroatoms. The Morgan fingerprint density at radius 1 is 1.32 bits per heavy atom. The molecule has 0 saturated heterocycles. The van der Waals surface area contributed by atoms with E-state index in [4.69, 9.17) is 0 Å². The lowest BCUT2D eigenvalue weighted by atomic mass is 10.2. The van der Waals surface area contributed by atoms with Crippen molar-refractivity contribution in [3.63, 3.8) is 0 Å². The van der Waals surface area contributed by atoms with Gasteiger partial charge in [-0.2, -0.15) is 0 Å². The van der Waals surface area contributed by atoms with Crippen LogP contribution in [0.25, 0.3) is 0 Å². The SMILES string of the molecule is CCOC(=O)CCC(=O)CS(=O)c1cccc(F)c1. The molecular weight excluding hydrogens is 271 g/mol. The minimum absolute atomic E-state index is 0.0140. The number of ether oxygens (including phenoxy) is 1. The van der Waals surface area contributed by atoms with Crippen LogP contribution in [0.2, 0.25) is 0 Å². The summed E-state index contributed by atoms with van der Waals surface area (Å²) in [6.45, 7) is 1.95. The first-order valence-corrected chi connectivity index (χ1v) is 7.16. The van der Waals surface area contributed by atoms with E-state index in [1.54, 1.807) is 6.92 Å². The molecule has 0 fully saturated rings. The summed E-state index contributed by atoms with van der Waals surface area (Å²) >= 11 is 0. The molecule has 1 aromatic carbocycles. The number of hydrogen-bond donors (Lipinski definition) is 0. The van der Waals surface area contributed by atoms with Gasteiger partial charge in [-0.15, -0.1) is 0 Å². The van der Waals surface area contributed by atoms with Gasteiger partial charge in [0.1, 0.15) is 11.6 Å². The van der Waals surface area contributed by atoms with E-state index in [-0.39, 0.29) is 35.9 Å². The monoisotopic (exact) mass is 286 g/mol. The Balaban J connectivity index is 2.44. The van der Waals surface area contributed by atoms with Crippen molar-refractivity contribution in [3.8, 4) is 0 Å². The van der Waals surface area contributed by atoms with E-state index < -0.39 is 22.6 Å². The second-order valence-corrected chi connectivity index (χ2v) is 5.24. The Kier molecular flexibility index (Phi) is 6.35. The Hall–Kier alpha value is -1.56. The molecule has 1 unspecified atom stereocenters. The predicted octanol–water partition coefficient (Wildman–Crippen LogP) is 1.85. The molecule has 0 bridgehead atoms. The first-order valence-electron chi connectivity index (χ1n) is 5.84. The highest BCUT2D eigenvalue weighted by Crippen LogP contribution is 2.09. The molecule has 0 amide bonds. The molecular formula is C13H15FO4S. The molecule has 1 atom stereocenters. The van der Waals surface area contributed by atoms with Gasteiger partial charge in [0, 0.05) is 11.3 Å². The topological polar surface area (TPSA) is 60.4 Å². The quantitative estimate of drug-likeness (QED) is 0.718. The number of carbonyl (C=O) groups excluding carboxylic acids is 2. The minimum atomic E-state index is -1.58. The molecule has 0 heterocycles. The second kappa shape index (κ2) is 7.78. The van der Waals surface area contributed by atoms with Crippen LogP contribution in [0.4, 0.5) is 4.39 Å². The van der Waals surface area contributed by atoms with E-state index in [0.29, 0.717) is 0 Å². The predicted molar refractivity (Wildman–Crippen MR) is 68.5 cm³/mol. The number of halogens is 1. The van der Waals surface area contributed by atoms with Crippen LogP contribution >= 0.6 is 0 Å². The molecule has 104 valence electrons. The fourth-order valence-electron chi connectivity index (χ4n) is 1.38. The standard InChI is InChI=1S/C13H15FO4S/c1-2-18-13(16)7-6-11(15)9-19(17)12-5-3-4-10(14)8-12/h3-5,8H,2,6-7,9H2,1H3. The molecule has 0 radical (unpaired) electrons. The first-order chi connectivity index (χ1) is 9.02. The third-order valence-corrected chi connectivity index (χ3v) is 3.63. The molecule has 1 aromatic rings. The van der Waals surface area contributed by atoms with Crippen LogP contribution in [-0.4, -0.2) is 28.3 Å². The average Bonchev–Trinajstić information content (AvgIpc) is 2.36. The van der Waals surface area contributed by atoms with Gasteiger partial charge in [-0.25, -0.2) is 4.39 Å². The molecule has 0 saturated carbocycles. The lowest BCUT2D eigenvalue weighted by Crippen LogP contribution is -2.13. The van der Waals surface area contributed by atoms with E-state index >= 15 is 0 Å². The number of ketones is 1. The van der Waals surface area contributed by atoms with E-state index in [1.807, 2.05) is 0 Å². The van der Waals surface area contributed by atoms with Crippen molar-refractivity contribution in [1.29, 1.82) is 0 Å². The van der Waals surface area contributed by atoms with Crippen LogP contribution in [0.5, 0.6) is 0 Å². The van der Waals surface area contributed by atoms with Crippen molar-refractivity contribution in [2.24, 2.45) is 0 Å². The van der Waals surface area contributed by atoms with Crippen molar-refractivity contribution in [2.75, 3.05) is 12.4 Å². The summed E-state index contributed by atoms with van der Waals surface area (Å²) in [6.07, 6.45) is -0.0348. The highest BCUT2D eigenvalue weighted by molar-refractivity contribution is 7.85. The van der Waals surface area contributed by atoms with Gasteiger partial charge < -0.3 is 4.74 Å². The largest absolute Gasteiger partial charge is 0.466 e. The molecule has 0 aliphatic rings. The van der Waals surface area contributed by atoms with Gasteiger partial charge in [-0.1, -0.05) is 6.07 Å². The van der Waals surface area contributed by atoms with Crippen molar-refractivity contribution in [1.82, 2.24) is 0 Å². The molecule has 19 heavy (non-hydrogen) atoms. The van der Waals surface area contributed by atoms with E-state index in [0.717, 1.165) is 6.07 Å².